The van der Waals surface area contributed by atoms with Gasteiger partial charge in [-0.25, -0.2) is 0 Å². The maximum Gasteiger partial charge on any atom is 0.227 e. The highest BCUT2D eigenvalue weighted by Crippen LogP contribution is 2.18. The summed E-state index contributed by atoms with van der Waals surface area (Å²) in [6.45, 7) is 13.6. The van der Waals surface area contributed by atoms with Crippen molar-refractivity contribution in [2.75, 3.05) is 26.2 Å². The van der Waals surface area contributed by atoms with Gasteiger partial charge < -0.3 is 14.6 Å². The first-order valence-corrected chi connectivity index (χ1v) is 8.71. The van der Waals surface area contributed by atoms with Gasteiger partial charge in [0.15, 0.2) is 5.82 Å². The quantitative estimate of drug-likeness (QED) is 0.847. The van der Waals surface area contributed by atoms with Gasteiger partial charge in [-0.15, -0.1) is 0 Å². The molecule has 7 nitrogen and oxygen atoms in total. The largest absolute Gasteiger partial charge is 0.373 e. The Kier molecular flexibility index (Phi) is 6.34. The smallest absolute Gasteiger partial charge is 0.227 e. The number of morpholine rings is 1. The molecule has 2 atom stereocenters. The SMILES string of the molecule is CC1CN(CCNC(=O)CCc2nc(C(C)(C)C)no2)CC(C)O1. The third-order valence-electron chi connectivity index (χ3n) is 3.95. The van der Waals surface area contributed by atoms with Crippen LogP contribution in [0.3, 0.4) is 0 Å². The van der Waals surface area contributed by atoms with E-state index in [0.29, 0.717) is 31.1 Å². The first-order valence-electron chi connectivity index (χ1n) is 8.71. The first kappa shape index (κ1) is 18.9. The number of rotatable bonds is 6. The Bertz CT molecular complexity index is 528. The van der Waals surface area contributed by atoms with Crippen molar-refractivity contribution in [3.63, 3.8) is 0 Å². The normalized spacial score (nSPS) is 22.5. The lowest BCUT2D eigenvalue weighted by atomic mass is 9.96. The zero-order chi connectivity index (χ0) is 17.7. The Morgan fingerprint density at radius 3 is 2.54 bits per heavy atom. The highest BCUT2D eigenvalue weighted by atomic mass is 16.5. The van der Waals surface area contributed by atoms with Crippen LogP contribution in [0, 0.1) is 0 Å². The van der Waals surface area contributed by atoms with Gasteiger partial charge in [-0.05, 0) is 13.8 Å². The molecule has 1 saturated heterocycles. The number of hydrogen-bond acceptors (Lipinski definition) is 6. The zero-order valence-electron chi connectivity index (χ0n) is 15.5. The number of carbonyl (C=O) groups excluding carboxylic acids is 1. The molecular weight excluding hydrogens is 308 g/mol. The summed E-state index contributed by atoms with van der Waals surface area (Å²) in [5.74, 6) is 1.21. The van der Waals surface area contributed by atoms with Crippen LogP contribution in [0.25, 0.3) is 0 Å². The number of carbonyl (C=O) groups is 1. The second kappa shape index (κ2) is 8.07. The van der Waals surface area contributed by atoms with Crippen molar-refractivity contribution in [2.45, 2.75) is 65.1 Å². The van der Waals surface area contributed by atoms with E-state index in [0.717, 1.165) is 19.6 Å². The van der Waals surface area contributed by atoms with Gasteiger partial charge in [0.1, 0.15) is 0 Å². The third kappa shape index (κ3) is 5.87. The topological polar surface area (TPSA) is 80.5 Å². The lowest BCUT2D eigenvalue weighted by Gasteiger charge is -2.35. The molecule has 0 aliphatic carbocycles. The lowest BCUT2D eigenvalue weighted by Crippen LogP contribution is -2.47. The van der Waals surface area contributed by atoms with E-state index < -0.39 is 0 Å². The summed E-state index contributed by atoms with van der Waals surface area (Å²) in [4.78, 5) is 18.6. The first-order chi connectivity index (χ1) is 11.2. The molecule has 0 bridgehead atoms. The fourth-order valence-electron chi connectivity index (χ4n) is 2.79. The molecule has 1 N–H and O–H groups in total. The molecule has 1 amide bonds. The van der Waals surface area contributed by atoms with Crippen molar-refractivity contribution in [1.82, 2.24) is 20.4 Å². The summed E-state index contributed by atoms with van der Waals surface area (Å²) in [6, 6.07) is 0. The van der Waals surface area contributed by atoms with E-state index in [1.54, 1.807) is 0 Å². The van der Waals surface area contributed by atoms with Crippen LogP contribution < -0.4 is 5.32 Å². The van der Waals surface area contributed by atoms with Crippen molar-refractivity contribution in [3.05, 3.63) is 11.7 Å². The van der Waals surface area contributed by atoms with E-state index in [-0.39, 0.29) is 23.5 Å². The highest BCUT2D eigenvalue weighted by molar-refractivity contribution is 5.75. The lowest BCUT2D eigenvalue weighted by molar-refractivity contribution is -0.121. The Morgan fingerprint density at radius 1 is 1.29 bits per heavy atom. The number of amides is 1. The standard InChI is InChI=1S/C17H30N4O3/c1-12-10-21(11-13(2)23-12)9-8-18-14(22)6-7-15-19-16(20-24-15)17(3,4)5/h12-13H,6-11H2,1-5H3,(H,18,22). The molecule has 0 aromatic carbocycles. The molecule has 1 aliphatic rings. The Morgan fingerprint density at radius 2 is 1.96 bits per heavy atom. The molecular formula is C17H30N4O3. The Labute approximate surface area is 144 Å². The van der Waals surface area contributed by atoms with Crippen LogP contribution >= 0.6 is 0 Å². The van der Waals surface area contributed by atoms with E-state index in [2.05, 4.69) is 34.2 Å². The van der Waals surface area contributed by atoms with Crippen LogP contribution in [-0.4, -0.2) is 59.3 Å². The average molecular weight is 338 g/mol. The molecule has 2 unspecified atom stereocenters. The average Bonchev–Trinajstić information content (AvgIpc) is 2.93. The predicted molar refractivity (Wildman–Crippen MR) is 90.8 cm³/mol. The minimum atomic E-state index is -0.142. The van der Waals surface area contributed by atoms with Crippen molar-refractivity contribution in [1.29, 1.82) is 0 Å². The van der Waals surface area contributed by atoms with Crippen molar-refractivity contribution in [2.24, 2.45) is 0 Å². The molecule has 24 heavy (non-hydrogen) atoms. The highest BCUT2D eigenvalue weighted by Gasteiger charge is 2.22. The monoisotopic (exact) mass is 338 g/mol. The molecule has 136 valence electrons. The van der Waals surface area contributed by atoms with Crippen molar-refractivity contribution in [3.8, 4) is 0 Å². The minimum Gasteiger partial charge on any atom is -0.373 e. The van der Waals surface area contributed by atoms with E-state index in [1.165, 1.54) is 0 Å². The zero-order valence-corrected chi connectivity index (χ0v) is 15.5. The second-order valence-electron chi connectivity index (χ2n) is 7.63. The summed E-state index contributed by atoms with van der Waals surface area (Å²) >= 11 is 0. The summed E-state index contributed by atoms with van der Waals surface area (Å²) in [5.41, 5.74) is -0.142. The van der Waals surface area contributed by atoms with Crippen LogP contribution in [-0.2, 0) is 21.4 Å². The van der Waals surface area contributed by atoms with Gasteiger partial charge in [-0.2, -0.15) is 4.98 Å². The second-order valence-corrected chi connectivity index (χ2v) is 7.63. The van der Waals surface area contributed by atoms with E-state index >= 15 is 0 Å². The van der Waals surface area contributed by atoms with Crippen molar-refractivity contribution >= 4 is 5.91 Å². The van der Waals surface area contributed by atoms with Crippen LogP contribution in [0.5, 0.6) is 0 Å². The fourth-order valence-corrected chi connectivity index (χ4v) is 2.79. The molecule has 2 heterocycles. The molecule has 1 aromatic rings. The molecule has 0 radical (unpaired) electrons. The van der Waals surface area contributed by atoms with Gasteiger partial charge in [-0.1, -0.05) is 25.9 Å². The Balaban J connectivity index is 1.66. The summed E-state index contributed by atoms with van der Waals surface area (Å²) < 4.78 is 10.9. The van der Waals surface area contributed by atoms with Crippen LogP contribution in [0.15, 0.2) is 4.52 Å². The van der Waals surface area contributed by atoms with Gasteiger partial charge >= 0.3 is 0 Å². The van der Waals surface area contributed by atoms with Gasteiger partial charge in [0.2, 0.25) is 11.8 Å². The fraction of sp³-hybridized carbons (Fsp3) is 0.824. The van der Waals surface area contributed by atoms with Crippen LogP contribution in [0.4, 0.5) is 0 Å². The number of nitrogens with one attached hydrogen (secondary N) is 1. The number of aryl methyl sites for hydroxylation is 1. The third-order valence-corrected chi connectivity index (χ3v) is 3.95. The van der Waals surface area contributed by atoms with Gasteiger partial charge in [0.05, 0.1) is 12.2 Å². The number of ether oxygens (including phenoxy) is 1. The molecule has 7 heteroatoms. The van der Waals surface area contributed by atoms with Crippen LogP contribution in [0.1, 0.15) is 52.8 Å². The molecule has 1 aliphatic heterocycles. The predicted octanol–water partition coefficient (Wildman–Crippen LogP) is 1.53. The molecule has 2 rings (SSSR count). The van der Waals surface area contributed by atoms with Gasteiger partial charge in [0, 0.05) is 44.4 Å². The maximum absolute atomic E-state index is 11.9. The molecule has 0 saturated carbocycles. The summed E-state index contributed by atoms with van der Waals surface area (Å²) in [5, 5.41) is 6.92. The molecule has 1 aromatic heterocycles. The van der Waals surface area contributed by atoms with Crippen molar-refractivity contribution < 1.29 is 14.1 Å². The van der Waals surface area contributed by atoms with Crippen LogP contribution in [0.2, 0.25) is 0 Å². The van der Waals surface area contributed by atoms with Gasteiger partial charge in [0.25, 0.3) is 0 Å². The number of nitrogens with zero attached hydrogens (tertiary/aromatic N) is 3. The number of hydrogen-bond donors (Lipinski definition) is 1. The Hall–Kier alpha value is -1.47. The molecule has 0 spiro atoms. The summed E-state index contributed by atoms with van der Waals surface area (Å²) in [6.07, 6.45) is 1.33. The van der Waals surface area contributed by atoms with E-state index in [4.69, 9.17) is 9.26 Å². The molecule has 1 fully saturated rings. The van der Waals surface area contributed by atoms with E-state index in [1.807, 2.05) is 20.8 Å². The minimum absolute atomic E-state index is 0.0138. The van der Waals surface area contributed by atoms with E-state index in [9.17, 15) is 4.79 Å². The maximum atomic E-state index is 11.9. The number of aromatic nitrogens is 2. The summed E-state index contributed by atoms with van der Waals surface area (Å²) in [7, 11) is 0. The van der Waals surface area contributed by atoms with Gasteiger partial charge in [-0.3, -0.25) is 9.69 Å².